The molecule has 1 spiro atoms. The lowest BCUT2D eigenvalue weighted by atomic mass is 9.78. The zero-order valence-corrected chi connectivity index (χ0v) is 14.1. The van der Waals surface area contributed by atoms with E-state index in [1.54, 1.807) is 0 Å². The molecule has 2 unspecified atom stereocenters. The van der Waals surface area contributed by atoms with Crippen molar-refractivity contribution in [3.63, 3.8) is 0 Å². The Morgan fingerprint density at radius 3 is 2.89 bits per heavy atom. The van der Waals surface area contributed by atoms with Crippen LogP contribution in [0.5, 0.6) is 0 Å². The zero-order chi connectivity index (χ0) is 13.6. The number of rotatable bonds is 6. The van der Waals surface area contributed by atoms with Gasteiger partial charge in [-0.1, -0.05) is 6.92 Å². The summed E-state index contributed by atoms with van der Waals surface area (Å²) < 4.78 is 6.22. The summed E-state index contributed by atoms with van der Waals surface area (Å²) in [4.78, 5) is 0. The Kier molecular flexibility index (Phi) is 6.87. The van der Waals surface area contributed by atoms with Crippen LogP contribution < -0.4 is 5.32 Å². The Morgan fingerprint density at radius 2 is 2.21 bits per heavy atom. The second-order valence-electron chi connectivity index (χ2n) is 5.84. The summed E-state index contributed by atoms with van der Waals surface area (Å²) in [6.45, 7) is 4.31. The number of ether oxygens (including phenoxy) is 1. The van der Waals surface area contributed by atoms with Gasteiger partial charge in [0.2, 0.25) is 0 Å². The summed E-state index contributed by atoms with van der Waals surface area (Å²) >= 11 is 4.07. The third-order valence-corrected chi connectivity index (χ3v) is 6.23. The SMILES string of the molecule is CCNC(CCSC)C1CCOC2(CCSCC2)C1. The molecule has 2 rings (SSSR count). The number of nitrogens with one attached hydrogen (secondary N) is 1. The Hall–Kier alpha value is 0.620. The normalized spacial score (nSPS) is 28.4. The highest BCUT2D eigenvalue weighted by molar-refractivity contribution is 7.99. The van der Waals surface area contributed by atoms with Crippen LogP contribution in [0, 0.1) is 5.92 Å². The fourth-order valence-corrected chi connectivity index (χ4v) is 5.24. The van der Waals surface area contributed by atoms with Crippen molar-refractivity contribution in [2.75, 3.05) is 36.7 Å². The lowest BCUT2D eigenvalue weighted by molar-refractivity contribution is -0.107. The average molecular weight is 304 g/mol. The van der Waals surface area contributed by atoms with E-state index in [-0.39, 0.29) is 5.60 Å². The van der Waals surface area contributed by atoms with Crippen molar-refractivity contribution in [2.24, 2.45) is 5.92 Å². The van der Waals surface area contributed by atoms with Crippen molar-refractivity contribution in [3.05, 3.63) is 0 Å². The standard InChI is InChI=1S/C15H29NOS2/c1-3-16-14(5-9-18-2)13-4-8-17-15(12-13)6-10-19-11-7-15/h13-14,16H,3-12H2,1-2H3. The van der Waals surface area contributed by atoms with Crippen molar-refractivity contribution < 1.29 is 4.74 Å². The lowest BCUT2D eigenvalue weighted by Gasteiger charge is -2.45. The molecular formula is C15H29NOS2. The largest absolute Gasteiger partial charge is 0.375 e. The van der Waals surface area contributed by atoms with E-state index in [0.717, 1.165) is 19.1 Å². The van der Waals surface area contributed by atoms with E-state index in [4.69, 9.17) is 4.74 Å². The van der Waals surface area contributed by atoms with Gasteiger partial charge in [0.05, 0.1) is 5.60 Å². The van der Waals surface area contributed by atoms with E-state index < -0.39 is 0 Å². The number of hydrogen-bond donors (Lipinski definition) is 1. The minimum Gasteiger partial charge on any atom is -0.375 e. The van der Waals surface area contributed by atoms with Gasteiger partial charge in [-0.15, -0.1) is 0 Å². The molecule has 2 aliphatic heterocycles. The van der Waals surface area contributed by atoms with Crippen molar-refractivity contribution in [3.8, 4) is 0 Å². The molecule has 0 bridgehead atoms. The summed E-state index contributed by atoms with van der Waals surface area (Å²) in [5.41, 5.74) is 0.237. The third kappa shape index (κ3) is 4.55. The summed E-state index contributed by atoms with van der Waals surface area (Å²) in [5.74, 6) is 4.69. The van der Waals surface area contributed by atoms with Crippen LogP contribution in [-0.4, -0.2) is 48.3 Å². The molecule has 0 aliphatic carbocycles. The Morgan fingerprint density at radius 1 is 1.42 bits per heavy atom. The summed E-state index contributed by atoms with van der Waals surface area (Å²) in [5, 5.41) is 3.74. The van der Waals surface area contributed by atoms with Gasteiger partial charge in [-0.3, -0.25) is 0 Å². The first-order valence-electron chi connectivity index (χ1n) is 7.74. The maximum atomic E-state index is 6.22. The van der Waals surface area contributed by atoms with Crippen LogP contribution in [-0.2, 0) is 4.74 Å². The predicted molar refractivity (Wildman–Crippen MR) is 88.4 cm³/mol. The molecule has 2 fully saturated rings. The Bertz CT molecular complexity index is 251. The van der Waals surface area contributed by atoms with Crippen molar-refractivity contribution in [1.82, 2.24) is 5.32 Å². The first-order chi connectivity index (χ1) is 9.29. The molecule has 2 saturated heterocycles. The van der Waals surface area contributed by atoms with Gasteiger partial charge in [0.25, 0.3) is 0 Å². The average Bonchev–Trinajstić information content (AvgIpc) is 2.44. The molecule has 0 aromatic heterocycles. The van der Waals surface area contributed by atoms with Crippen molar-refractivity contribution in [2.45, 2.75) is 50.7 Å². The molecule has 2 aliphatic rings. The molecule has 2 atom stereocenters. The van der Waals surface area contributed by atoms with E-state index in [9.17, 15) is 0 Å². The summed E-state index contributed by atoms with van der Waals surface area (Å²) in [7, 11) is 0. The van der Waals surface area contributed by atoms with E-state index in [1.165, 1.54) is 49.4 Å². The van der Waals surface area contributed by atoms with Crippen LogP contribution in [0.4, 0.5) is 0 Å². The van der Waals surface area contributed by atoms with Gasteiger partial charge in [0.1, 0.15) is 0 Å². The van der Waals surface area contributed by atoms with E-state index in [0.29, 0.717) is 6.04 Å². The lowest BCUT2D eigenvalue weighted by Crippen LogP contribution is -2.48. The minimum atomic E-state index is 0.237. The molecule has 2 nitrogen and oxygen atoms in total. The van der Waals surface area contributed by atoms with Crippen molar-refractivity contribution in [1.29, 1.82) is 0 Å². The summed E-state index contributed by atoms with van der Waals surface area (Å²) in [6.07, 6.45) is 8.61. The maximum absolute atomic E-state index is 6.22. The smallest absolute Gasteiger partial charge is 0.0701 e. The second-order valence-corrected chi connectivity index (χ2v) is 8.05. The van der Waals surface area contributed by atoms with Gasteiger partial charge >= 0.3 is 0 Å². The molecule has 4 heteroatoms. The molecule has 112 valence electrons. The van der Waals surface area contributed by atoms with Crippen LogP contribution in [0.25, 0.3) is 0 Å². The molecule has 19 heavy (non-hydrogen) atoms. The molecule has 0 aromatic rings. The molecule has 0 radical (unpaired) electrons. The highest BCUT2D eigenvalue weighted by atomic mass is 32.2. The van der Waals surface area contributed by atoms with Crippen LogP contribution in [0.1, 0.15) is 39.0 Å². The maximum Gasteiger partial charge on any atom is 0.0701 e. The molecule has 0 saturated carbocycles. The van der Waals surface area contributed by atoms with Gasteiger partial charge in [-0.25, -0.2) is 0 Å². The number of thioether (sulfide) groups is 2. The second kappa shape index (κ2) is 8.16. The van der Waals surface area contributed by atoms with Gasteiger partial charge in [0, 0.05) is 12.6 Å². The van der Waals surface area contributed by atoms with E-state index in [2.05, 4.69) is 30.3 Å². The number of hydrogen-bond acceptors (Lipinski definition) is 4. The molecule has 1 N–H and O–H groups in total. The predicted octanol–water partition coefficient (Wildman–Crippen LogP) is 3.41. The van der Waals surface area contributed by atoms with Gasteiger partial charge in [-0.05, 0) is 68.1 Å². The molecule has 0 aromatic carbocycles. The minimum absolute atomic E-state index is 0.237. The van der Waals surface area contributed by atoms with Crippen LogP contribution in [0.15, 0.2) is 0 Å². The first-order valence-corrected chi connectivity index (χ1v) is 10.3. The topological polar surface area (TPSA) is 21.3 Å². The summed E-state index contributed by atoms with van der Waals surface area (Å²) in [6, 6.07) is 0.702. The zero-order valence-electron chi connectivity index (χ0n) is 12.5. The van der Waals surface area contributed by atoms with E-state index >= 15 is 0 Å². The van der Waals surface area contributed by atoms with Gasteiger partial charge < -0.3 is 10.1 Å². The monoisotopic (exact) mass is 303 g/mol. The van der Waals surface area contributed by atoms with Gasteiger partial charge in [-0.2, -0.15) is 23.5 Å². The van der Waals surface area contributed by atoms with Gasteiger partial charge in [0.15, 0.2) is 0 Å². The van der Waals surface area contributed by atoms with Crippen LogP contribution in [0.2, 0.25) is 0 Å². The molecular weight excluding hydrogens is 274 g/mol. The first kappa shape index (κ1) is 16.0. The Labute approximate surface area is 127 Å². The molecule has 0 amide bonds. The fraction of sp³-hybridized carbons (Fsp3) is 1.00. The third-order valence-electron chi connectivity index (χ3n) is 4.60. The quantitative estimate of drug-likeness (QED) is 0.811. The Balaban J connectivity index is 1.93. The van der Waals surface area contributed by atoms with Crippen LogP contribution in [0.3, 0.4) is 0 Å². The molecule has 2 heterocycles. The highest BCUT2D eigenvalue weighted by Gasteiger charge is 2.40. The van der Waals surface area contributed by atoms with Crippen molar-refractivity contribution >= 4 is 23.5 Å². The fourth-order valence-electron chi connectivity index (χ4n) is 3.51. The highest BCUT2D eigenvalue weighted by Crippen LogP contribution is 2.41. The van der Waals surface area contributed by atoms with Crippen LogP contribution >= 0.6 is 23.5 Å². The van der Waals surface area contributed by atoms with E-state index in [1.807, 2.05) is 11.8 Å².